The van der Waals surface area contributed by atoms with Gasteiger partial charge >= 0.3 is 0 Å². The summed E-state index contributed by atoms with van der Waals surface area (Å²) in [6.45, 7) is 1.03. The van der Waals surface area contributed by atoms with E-state index in [1.54, 1.807) is 0 Å². The van der Waals surface area contributed by atoms with Crippen molar-refractivity contribution in [2.75, 3.05) is 6.54 Å². The molecule has 1 fully saturated rings. The molecule has 0 aliphatic heterocycles. The molecule has 3 atom stereocenters. The number of hydrogen-bond acceptors (Lipinski definition) is 2. The molecule has 2 heteroatoms. The van der Waals surface area contributed by atoms with Crippen molar-refractivity contribution in [3.05, 3.63) is 35.4 Å². The fourth-order valence-electron chi connectivity index (χ4n) is 3.19. The molecule has 0 spiro atoms. The van der Waals surface area contributed by atoms with Gasteiger partial charge in [0.2, 0.25) is 0 Å². The van der Waals surface area contributed by atoms with Gasteiger partial charge in [0.15, 0.2) is 0 Å². The van der Waals surface area contributed by atoms with Crippen molar-refractivity contribution in [1.82, 2.24) is 5.32 Å². The molecule has 0 heterocycles. The summed E-state index contributed by atoms with van der Waals surface area (Å²) in [7, 11) is 0. The highest BCUT2D eigenvalue weighted by molar-refractivity contribution is 5.40. The Morgan fingerprint density at radius 1 is 1.18 bits per heavy atom. The largest absolute Gasteiger partial charge is 0.392 e. The predicted octanol–water partition coefficient (Wildman–Crippen LogP) is 2.22. The molecule has 0 saturated heterocycles. The van der Waals surface area contributed by atoms with Gasteiger partial charge in [-0.25, -0.2) is 0 Å². The highest BCUT2D eigenvalue weighted by Gasteiger charge is 2.28. The van der Waals surface area contributed by atoms with Crippen molar-refractivity contribution in [3.8, 4) is 0 Å². The minimum atomic E-state index is -0.126. The molecule has 0 amide bonds. The van der Waals surface area contributed by atoms with Crippen molar-refractivity contribution in [2.24, 2.45) is 0 Å². The van der Waals surface area contributed by atoms with E-state index < -0.39 is 0 Å². The smallest absolute Gasteiger partial charge is 0.0693 e. The maximum atomic E-state index is 9.91. The Morgan fingerprint density at radius 2 is 2.00 bits per heavy atom. The van der Waals surface area contributed by atoms with Gasteiger partial charge in [0.05, 0.1) is 6.10 Å². The molecule has 1 aromatic rings. The molecule has 2 N–H and O–H groups in total. The molecule has 0 radical (unpaired) electrons. The van der Waals surface area contributed by atoms with Crippen LogP contribution in [0.2, 0.25) is 0 Å². The summed E-state index contributed by atoms with van der Waals surface area (Å²) in [5, 5.41) is 13.5. The van der Waals surface area contributed by atoms with Crippen molar-refractivity contribution in [3.63, 3.8) is 0 Å². The summed E-state index contributed by atoms with van der Waals surface area (Å²) in [6.07, 6.45) is 5.63. The van der Waals surface area contributed by atoms with Crippen LogP contribution in [0, 0.1) is 0 Å². The fraction of sp³-hybridized carbons (Fsp3) is 0.600. The Balaban J connectivity index is 1.53. The first kappa shape index (κ1) is 11.2. The number of benzene rings is 1. The third-order valence-electron chi connectivity index (χ3n) is 4.32. The SMILES string of the molecule is OC1CCCCC1NCC1Cc2ccccc21. The Hall–Kier alpha value is -0.860. The Kier molecular flexibility index (Phi) is 3.17. The van der Waals surface area contributed by atoms with Gasteiger partial charge in [0.25, 0.3) is 0 Å². The average Bonchev–Trinajstić information content (AvgIpc) is 2.32. The van der Waals surface area contributed by atoms with Crippen molar-refractivity contribution in [2.45, 2.75) is 50.2 Å². The van der Waals surface area contributed by atoms with E-state index in [1.165, 1.54) is 30.4 Å². The van der Waals surface area contributed by atoms with E-state index >= 15 is 0 Å². The lowest BCUT2D eigenvalue weighted by molar-refractivity contribution is 0.0899. The second-order valence-electron chi connectivity index (χ2n) is 5.47. The minimum Gasteiger partial charge on any atom is -0.392 e. The van der Waals surface area contributed by atoms with E-state index in [4.69, 9.17) is 0 Å². The van der Waals surface area contributed by atoms with Gasteiger partial charge in [0.1, 0.15) is 0 Å². The lowest BCUT2D eigenvalue weighted by Gasteiger charge is -2.34. The van der Waals surface area contributed by atoms with Crippen molar-refractivity contribution < 1.29 is 5.11 Å². The van der Waals surface area contributed by atoms with E-state index in [2.05, 4.69) is 29.6 Å². The third kappa shape index (κ3) is 2.24. The van der Waals surface area contributed by atoms with Crippen LogP contribution in [0.25, 0.3) is 0 Å². The van der Waals surface area contributed by atoms with Gasteiger partial charge in [0, 0.05) is 18.5 Å². The number of aliphatic hydroxyl groups is 1. The molecule has 3 rings (SSSR count). The van der Waals surface area contributed by atoms with E-state index in [-0.39, 0.29) is 6.10 Å². The van der Waals surface area contributed by atoms with Crippen LogP contribution in [0.4, 0.5) is 0 Å². The minimum absolute atomic E-state index is 0.126. The van der Waals surface area contributed by atoms with Crippen molar-refractivity contribution in [1.29, 1.82) is 0 Å². The number of fused-ring (bicyclic) bond motifs is 1. The molecular formula is C15H21NO. The third-order valence-corrected chi connectivity index (χ3v) is 4.32. The lowest BCUT2D eigenvalue weighted by Crippen LogP contribution is -2.44. The zero-order valence-corrected chi connectivity index (χ0v) is 10.2. The second kappa shape index (κ2) is 4.79. The number of aliphatic hydroxyl groups excluding tert-OH is 1. The fourth-order valence-corrected chi connectivity index (χ4v) is 3.19. The van der Waals surface area contributed by atoms with Crippen LogP contribution in [0.15, 0.2) is 24.3 Å². The molecule has 2 aliphatic rings. The highest BCUT2D eigenvalue weighted by atomic mass is 16.3. The van der Waals surface area contributed by atoms with Crippen LogP contribution in [-0.4, -0.2) is 23.8 Å². The Bertz CT molecular complexity index is 390. The zero-order valence-electron chi connectivity index (χ0n) is 10.2. The van der Waals surface area contributed by atoms with Crippen LogP contribution in [0.5, 0.6) is 0 Å². The maximum absolute atomic E-state index is 9.91. The molecule has 2 aliphatic carbocycles. The number of hydrogen-bond donors (Lipinski definition) is 2. The van der Waals surface area contributed by atoms with Crippen LogP contribution in [0.3, 0.4) is 0 Å². The maximum Gasteiger partial charge on any atom is 0.0693 e. The number of nitrogens with one attached hydrogen (secondary N) is 1. The van der Waals surface area contributed by atoms with Crippen LogP contribution >= 0.6 is 0 Å². The molecule has 1 aromatic carbocycles. The van der Waals surface area contributed by atoms with Gasteiger partial charge < -0.3 is 10.4 Å². The van der Waals surface area contributed by atoms with Crippen LogP contribution in [-0.2, 0) is 6.42 Å². The van der Waals surface area contributed by atoms with E-state index in [0.29, 0.717) is 12.0 Å². The van der Waals surface area contributed by atoms with Gasteiger partial charge in [-0.05, 0) is 30.4 Å². The van der Waals surface area contributed by atoms with Gasteiger partial charge in [-0.1, -0.05) is 37.1 Å². The summed E-state index contributed by atoms with van der Waals surface area (Å²) < 4.78 is 0. The quantitative estimate of drug-likeness (QED) is 0.836. The standard InChI is InChI=1S/C15H21NO/c17-15-8-4-3-7-14(15)16-10-12-9-11-5-1-2-6-13(11)12/h1-2,5-6,12,14-17H,3-4,7-10H2. The van der Waals surface area contributed by atoms with Crippen molar-refractivity contribution >= 4 is 0 Å². The van der Waals surface area contributed by atoms with E-state index in [1.807, 2.05) is 0 Å². The van der Waals surface area contributed by atoms with E-state index in [9.17, 15) is 5.11 Å². The molecule has 0 aromatic heterocycles. The van der Waals surface area contributed by atoms with E-state index in [0.717, 1.165) is 19.4 Å². The summed E-state index contributed by atoms with van der Waals surface area (Å²) in [5.41, 5.74) is 3.01. The first-order chi connectivity index (χ1) is 8.34. The Morgan fingerprint density at radius 3 is 2.82 bits per heavy atom. The molecule has 0 bridgehead atoms. The highest BCUT2D eigenvalue weighted by Crippen LogP contribution is 2.34. The molecule has 1 saturated carbocycles. The zero-order chi connectivity index (χ0) is 11.7. The first-order valence-electron chi connectivity index (χ1n) is 6.84. The van der Waals surface area contributed by atoms with Gasteiger partial charge in [-0.2, -0.15) is 0 Å². The number of rotatable bonds is 3. The van der Waals surface area contributed by atoms with Crippen LogP contribution in [0.1, 0.15) is 42.7 Å². The monoisotopic (exact) mass is 231 g/mol. The Labute approximate surface area is 103 Å². The summed E-state index contributed by atoms with van der Waals surface area (Å²) >= 11 is 0. The summed E-state index contributed by atoms with van der Waals surface area (Å²) in [6, 6.07) is 9.04. The van der Waals surface area contributed by atoms with Gasteiger partial charge in [-0.15, -0.1) is 0 Å². The summed E-state index contributed by atoms with van der Waals surface area (Å²) in [4.78, 5) is 0. The van der Waals surface area contributed by atoms with Gasteiger partial charge in [-0.3, -0.25) is 0 Å². The predicted molar refractivity (Wildman–Crippen MR) is 69.2 cm³/mol. The second-order valence-corrected chi connectivity index (χ2v) is 5.47. The first-order valence-corrected chi connectivity index (χ1v) is 6.84. The summed E-state index contributed by atoms with van der Waals surface area (Å²) in [5.74, 6) is 0.667. The topological polar surface area (TPSA) is 32.3 Å². The molecular weight excluding hydrogens is 210 g/mol. The molecule has 3 unspecified atom stereocenters. The molecule has 2 nitrogen and oxygen atoms in total. The molecule has 17 heavy (non-hydrogen) atoms. The molecule has 92 valence electrons. The normalized spacial score (nSPS) is 31.7. The average molecular weight is 231 g/mol. The lowest BCUT2D eigenvalue weighted by atomic mass is 9.77. The van der Waals surface area contributed by atoms with Crippen LogP contribution < -0.4 is 5.32 Å².